The first-order valence-corrected chi connectivity index (χ1v) is 8.31. The van der Waals surface area contributed by atoms with E-state index < -0.39 is 0 Å². The smallest absolute Gasteiger partial charge is 0.270 e. The van der Waals surface area contributed by atoms with Crippen LogP contribution in [0.4, 0.5) is 5.69 Å². The number of rotatable bonds is 3. The zero-order valence-electron chi connectivity index (χ0n) is 14.1. The predicted octanol–water partition coefficient (Wildman–Crippen LogP) is 3.93. The van der Waals surface area contributed by atoms with Crippen LogP contribution >= 0.6 is 15.9 Å². The number of hydrogen-bond acceptors (Lipinski definition) is 3. The molecule has 2 amide bonds. The third-order valence-corrected chi connectivity index (χ3v) is 3.67. The number of hydrogen-bond donors (Lipinski definition) is 2. The minimum atomic E-state index is -0.369. The molecule has 2 rings (SSSR count). The van der Waals surface area contributed by atoms with E-state index in [1.807, 2.05) is 45.9 Å². The quantitative estimate of drug-likeness (QED) is 0.834. The Morgan fingerprint density at radius 3 is 2.42 bits per heavy atom. The van der Waals surface area contributed by atoms with Crippen molar-refractivity contribution in [2.75, 3.05) is 5.32 Å². The summed E-state index contributed by atoms with van der Waals surface area (Å²) in [5, 5.41) is 5.68. The zero-order chi connectivity index (χ0) is 17.9. The first-order chi connectivity index (χ1) is 11.2. The highest BCUT2D eigenvalue weighted by molar-refractivity contribution is 9.10. The number of pyridine rings is 1. The third-order valence-electron chi connectivity index (χ3n) is 3.18. The van der Waals surface area contributed by atoms with Gasteiger partial charge in [-0.05, 0) is 63.6 Å². The van der Waals surface area contributed by atoms with E-state index in [9.17, 15) is 9.59 Å². The molecular weight excluding hydrogens is 370 g/mol. The summed E-state index contributed by atoms with van der Waals surface area (Å²) < 4.78 is 0.947. The summed E-state index contributed by atoms with van der Waals surface area (Å²) in [4.78, 5) is 28.6. The monoisotopic (exact) mass is 389 g/mol. The van der Waals surface area contributed by atoms with E-state index in [2.05, 4.69) is 31.5 Å². The Kier molecular flexibility index (Phi) is 5.39. The van der Waals surface area contributed by atoms with Crippen molar-refractivity contribution in [3.8, 4) is 0 Å². The molecule has 2 aromatic rings. The average Bonchev–Trinajstić information content (AvgIpc) is 2.48. The predicted molar refractivity (Wildman–Crippen MR) is 98.3 cm³/mol. The molecule has 0 aliphatic heterocycles. The van der Waals surface area contributed by atoms with Crippen LogP contribution in [0.15, 0.2) is 41.0 Å². The van der Waals surface area contributed by atoms with E-state index in [4.69, 9.17) is 0 Å². The molecule has 6 heteroatoms. The van der Waals surface area contributed by atoms with Gasteiger partial charge < -0.3 is 10.6 Å². The van der Waals surface area contributed by atoms with Gasteiger partial charge in [0.05, 0.1) is 0 Å². The summed E-state index contributed by atoms with van der Waals surface area (Å²) in [6.45, 7) is 7.57. The molecule has 0 spiro atoms. The maximum Gasteiger partial charge on any atom is 0.270 e. The Balaban J connectivity index is 2.18. The van der Waals surface area contributed by atoms with Gasteiger partial charge in [0, 0.05) is 27.5 Å². The fraction of sp³-hybridized carbons (Fsp3) is 0.278. The lowest BCUT2D eigenvalue weighted by atomic mass is 10.1. The molecule has 0 saturated heterocycles. The van der Waals surface area contributed by atoms with Crippen LogP contribution in [0.1, 0.15) is 47.2 Å². The first-order valence-electron chi connectivity index (χ1n) is 7.52. The molecule has 24 heavy (non-hydrogen) atoms. The fourth-order valence-electron chi connectivity index (χ4n) is 2.06. The number of aromatic nitrogens is 1. The van der Waals surface area contributed by atoms with Crippen molar-refractivity contribution in [1.29, 1.82) is 0 Å². The van der Waals surface area contributed by atoms with Crippen LogP contribution in [0.5, 0.6) is 0 Å². The van der Waals surface area contributed by atoms with Crippen molar-refractivity contribution in [1.82, 2.24) is 10.3 Å². The summed E-state index contributed by atoms with van der Waals surface area (Å²) in [5.74, 6) is -0.593. The molecule has 1 aromatic heterocycles. The second-order valence-corrected chi connectivity index (χ2v) is 7.46. The van der Waals surface area contributed by atoms with Gasteiger partial charge in [0.25, 0.3) is 11.8 Å². The molecule has 126 valence electrons. The molecular formula is C18H20BrN3O2. The number of carbonyl (C=O) groups is 2. The molecule has 0 radical (unpaired) electrons. The van der Waals surface area contributed by atoms with Crippen LogP contribution in [-0.4, -0.2) is 22.3 Å². The molecule has 0 fully saturated rings. The Morgan fingerprint density at radius 2 is 1.79 bits per heavy atom. The lowest BCUT2D eigenvalue weighted by Gasteiger charge is -2.20. The van der Waals surface area contributed by atoms with Crippen molar-refractivity contribution >= 4 is 33.4 Å². The summed E-state index contributed by atoms with van der Waals surface area (Å²) in [7, 11) is 0. The van der Waals surface area contributed by atoms with E-state index in [0.29, 0.717) is 5.56 Å². The summed E-state index contributed by atoms with van der Waals surface area (Å²) >= 11 is 3.39. The van der Waals surface area contributed by atoms with Gasteiger partial charge in [0.1, 0.15) is 5.69 Å². The molecule has 0 bridgehead atoms. The maximum atomic E-state index is 12.4. The second kappa shape index (κ2) is 7.13. The van der Waals surface area contributed by atoms with Crippen LogP contribution in [0.2, 0.25) is 0 Å². The molecule has 0 aliphatic rings. The van der Waals surface area contributed by atoms with Gasteiger partial charge in [-0.1, -0.05) is 15.9 Å². The van der Waals surface area contributed by atoms with Gasteiger partial charge in [0.2, 0.25) is 0 Å². The molecule has 2 N–H and O–H groups in total. The molecule has 0 atom stereocenters. The molecule has 1 heterocycles. The number of carbonyl (C=O) groups excluding carboxylic acids is 2. The van der Waals surface area contributed by atoms with Crippen LogP contribution in [0.25, 0.3) is 0 Å². The van der Waals surface area contributed by atoms with Crippen molar-refractivity contribution in [3.05, 3.63) is 57.8 Å². The lowest BCUT2D eigenvalue weighted by Crippen LogP contribution is -2.41. The highest BCUT2D eigenvalue weighted by atomic mass is 79.9. The lowest BCUT2D eigenvalue weighted by molar-refractivity contribution is 0.0914. The van der Waals surface area contributed by atoms with Gasteiger partial charge >= 0.3 is 0 Å². The number of anilines is 1. The van der Waals surface area contributed by atoms with E-state index >= 15 is 0 Å². The number of nitrogens with one attached hydrogen (secondary N) is 2. The summed E-state index contributed by atoms with van der Waals surface area (Å²) in [6, 6.07) is 8.68. The zero-order valence-corrected chi connectivity index (χ0v) is 15.7. The van der Waals surface area contributed by atoms with Crippen molar-refractivity contribution in [2.45, 2.75) is 33.2 Å². The van der Waals surface area contributed by atoms with E-state index in [-0.39, 0.29) is 23.0 Å². The molecule has 0 saturated carbocycles. The van der Waals surface area contributed by atoms with E-state index in [1.54, 1.807) is 6.07 Å². The van der Waals surface area contributed by atoms with Crippen molar-refractivity contribution in [2.24, 2.45) is 0 Å². The van der Waals surface area contributed by atoms with Gasteiger partial charge in [-0.15, -0.1) is 0 Å². The standard InChI is InChI=1S/C18H20BrN3O2/c1-11-9-13(19)5-6-14(11)21-16(23)12-7-8-20-15(10-12)17(24)22-18(2,3)4/h5-10H,1-4H3,(H,21,23)(H,22,24). The molecule has 0 unspecified atom stereocenters. The van der Waals surface area contributed by atoms with Crippen LogP contribution in [-0.2, 0) is 0 Å². The highest BCUT2D eigenvalue weighted by Crippen LogP contribution is 2.20. The van der Waals surface area contributed by atoms with Crippen LogP contribution < -0.4 is 10.6 Å². The summed E-state index contributed by atoms with van der Waals surface area (Å²) in [5.41, 5.74) is 1.89. The van der Waals surface area contributed by atoms with Crippen molar-refractivity contribution in [3.63, 3.8) is 0 Å². The highest BCUT2D eigenvalue weighted by Gasteiger charge is 2.18. The molecule has 0 aliphatic carbocycles. The molecule has 5 nitrogen and oxygen atoms in total. The van der Waals surface area contributed by atoms with Gasteiger partial charge in [-0.3, -0.25) is 14.6 Å². The van der Waals surface area contributed by atoms with Gasteiger partial charge in [-0.25, -0.2) is 0 Å². The Hall–Kier alpha value is -2.21. The number of aryl methyl sites for hydroxylation is 1. The second-order valence-electron chi connectivity index (χ2n) is 6.55. The van der Waals surface area contributed by atoms with Gasteiger partial charge in [-0.2, -0.15) is 0 Å². The first kappa shape index (κ1) is 18.1. The van der Waals surface area contributed by atoms with Crippen LogP contribution in [0.3, 0.4) is 0 Å². The SMILES string of the molecule is Cc1cc(Br)ccc1NC(=O)c1ccnc(C(=O)NC(C)(C)C)c1. The number of halogens is 1. The van der Waals surface area contributed by atoms with Crippen LogP contribution in [0, 0.1) is 6.92 Å². The topological polar surface area (TPSA) is 71.1 Å². The average molecular weight is 390 g/mol. The summed E-state index contributed by atoms with van der Waals surface area (Å²) in [6.07, 6.45) is 1.46. The minimum Gasteiger partial charge on any atom is -0.346 e. The maximum absolute atomic E-state index is 12.4. The number of amides is 2. The minimum absolute atomic E-state index is 0.213. The molecule has 1 aromatic carbocycles. The fourth-order valence-corrected chi connectivity index (χ4v) is 2.54. The Labute approximate surface area is 150 Å². The Morgan fingerprint density at radius 1 is 1.08 bits per heavy atom. The Bertz CT molecular complexity index is 782. The number of benzene rings is 1. The van der Waals surface area contributed by atoms with Crippen molar-refractivity contribution < 1.29 is 9.59 Å². The normalized spacial score (nSPS) is 11.0. The van der Waals surface area contributed by atoms with E-state index in [0.717, 1.165) is 15.7 Å². The largest absolute Gasteiger partial charge is 0.346 e. The van der Waals surface area contributed by atoms with Gasteiger partial charge in [0.15, 0.2) is 0 Å². The van der Waals surface area contributed by atoms with E-state index in [1.165, 1.54) is 12.3 Å². The number of nitrogens with zero attached hydrogens (tertiary/aromatic N) is 1. The third kappa shape index (κ3) is 4.89.